The Kier molecular flexibility index (Phi) is 5.43. The lowest BCUT2D eigenvalue weighted by molar-refractivity contribution is 0.0601. The molecule has 0 atom stereocenters. The van der Waals surface area contributed by atoms with E-state index in [2.05, 4.69) is 27.9 Å². The van der Waals surface area contributed by atoms with Gasteiger partial charge in [0, 0.05) is 28.5 Å². The van der Waals surface area contributed by atoms with Crippen LogP contribution in [0.15, 0.2) is 60.2 Å². The van der Waals surface area contributed by atoms with Crippen molar-refractivity contribution in [3.63, 3.8) is 0 Å². The van der Waals surface area contributed by atoms with Gasteiger partial charge in [0.15, 0.2) is 0 Å². The van der Waals surface area contributed by atoms with Gasteiger partial charge in [0.2, 0.25) is 0 Å². The lowest BCUT2D eigenvalue weighted by atomic mass is 10.2. The second-order valence-electron chi connectivity index (χ2n) is 5.58. The first-order valence-corrected chi connectivity index (χ1v) is 8.58. The number of hydrogen-bond acceptors (Lipinski definition) is 5. The average molecular weight is 365 g/mol. The number of hydrogen-bond donors (Lipinski definition) is 3. The summed E-state index contributed by atoms with van der Waals surface area (Å²) in [5.41, 5.74) is 4.26. The molecule has 0 saturated carbocycles. The SMILES string of the molecule is C/C=C\C(=C/S)c1cc2c(Nc3ccc(C(=O)OC)cc3)nccc2[nH]1. The number of thiol groups is 1. The van der Waals surface area contributed by atoms with Crippen LogP contribution in [0, 0.1) is 0 Å². The molecule has 6 heteroatoms. The van der Waals surface area contributed by atoms with E-state index >= 15 is 0 Å². The zero-order valence-corrected chi connectivity index (χ0v) is 15.4. The van der Waals surface area contributed by atoms with Crippen molar-refractivity contribution in [2.75, 3.05) is 12.4 Å². The molecule has 0 fully saturated rings. The van der Waals surface area contributed by atoms with Gasteiger partial charge in [-0.25, -0.2) is 9.78 Å². The van der Waals surface area contributed by atoms with Gasteiger partial charge in [-0.1, -0.05) is 12.2 Å². The number of ether oxygens (including phenoxy) is 1. The van der Waals surface area contributed by atoms with E-state index in [9.17, 15) is 4.79 Å². The minimum Gasteiger partial charge on any atom is -0.465 e. The van der Waals surface area contributed by atoms with Crippen molar-refractivity contribution in [1.29, 1.82) is 0 Å². The molecule has 2 N–H and O–H groups in total. The maximum atomic E-state index is 11.5. The number of aromatic amines is 1. The van der Waals surface area contributed by atoms with Crippen molar-refractivity contribution in [3.05, 3.63) is 71.4 Å². The molecule has 0 aliphatic carbocycles. The van der Waals surface area contributed by atoms with Crippen LogP contribution in [-0.2, 0) is 4.74 Å². The monoisotopic (exact) mass is 365 g/mol. The Bertz CT molecular complexity index is 988. The third-order valence-corrected chi connectivity index (χ3v) is 4.19. The van der Waals surface area contributed by atoms with Gasteiger partial charge < -0.3 is 15.0 Å². The van der Waals surface area contributed by atoms with Gasteiger partial charge in [-0.05, 0) is 48.7 Å². The second kappa shape index (κ2) is 7.93. The molecule has 0 aliphatic rings. The number of benzene rings is 1. The van der Waals surface area contributed by atoms with Crippen LogP contribution in [-0.4, -0.2) is 23.0 Å². The minimum absolute atomic E-state index is 0.359. The Balaban J connectivity index is 1.93. The number of fused-ring (bicyclic) bond motifs is 1. The fraction of sp³-hybridized carbons (Fsp3) is 0.100. The maximum absolute atomic E-state index is 11.5. The van der Waals surface area contributed by atoms with Crippen LogP contribution in [0.2, 0.25) is 0 Å². The van der Waals surface area contributed by atoms with Crippen molar-refractivity contribution < 1.29 is 9.53 Å². The number of allylic oxidation sites excluding steroid dienone is 3. The molecular formula is C20H19N3O2S. The molecule has 0 saturated heterocycles. The highest BCUT2D eigenvalue weighted by molar-refractivity contribution is 7.83. The first-order chi connectivity index (χ1) is 12.7. The van der Waals surface area contributed by atoms with Crippen molar-refractivity contribution in [3.8, 4) is 0 Å². The molecule has 3 aromatic rings. The van der Waals surface area contributed by atoms with E-state index in [1.807, 2.05) is 43.3 Å². The number of pyridine rings is 1. The number of aromatic nitrogens is 2. The predicted molar refractivity (Wildman–Crippen MR) is 109 cm³/mol. The number of methoxy groups -OCH3 is 1. The fourth-order valence-corrected chi connectivity index (χ4v) is 2.86. The smallest absolute Gasteiger partial charge is 0.337 e. The minimum atomic E-state index is -0.359. The van der Waals surface area contributed by atoms with Crippen LogP contribution in [0.3, 0.4) is 0 Å². The number of esters is 1. The number of carbonyl (C=O) groups excluding carboxylic acids is 1. The summed E-state index contributed by atoms with van der Waals surface area (Å²) in [5.74, 6) is 0.372. The molecule has 3 rings (SSSR count). The van der Waals surface area contributed by atoms with E-state index in [1.54, 1.807) is 23.7 Å². The summed E-state index contributed by atoms with van der Waals surface area (Å²) in [4.78, 5) is 19.4. The molecule has 0 spiro atoms. The van der Waals surface area contributed by atoms with Crippen molar-refractivity contribution in [1.82, 2.24) is 9.97 Å². The van der Waals surface area contributed by atoms with Gasteiger partial charge in [-0.3, -0.25) is 0 Å². The molecule has 2 aromatic heterocycles. The molecule has 132 valence electrons. The summed E-state index contributed by atoms with van der Waals surface area (Å²) in [6.45, 7) is 1.96. The Morgan fingerprint density at radius 3 is 2.69 bits per heavy atom. The standard InChI is InChI=1S/C20H19N3O2S/c1-3-4-14(12-26)18-11-16-17(23-18)9-10-21-19(16)22-15-7-5-13(6-8-15)20(24)25-2/h3-12,23,26H,1-2H3,(H,21,22)/b4-3-,14-12+. The summed E-state index contributed by atoms with van der Waals surface area (Å²) in [6.07, 6.45) is 5.70. The number of rotatable bonds is 5. The van der Waals surface area contributed by atoms with E-state index in [0.29, 0.717) is 5.56 Å². The van der Waals surface area contributed by atoms with E-state index in [1.165, 1.54) is 7.11 Å². The lowest BCUT2D eigenvalue weighted by Gasteiger charge is -2.07. The molecule has 0 amide bonds. The summed E-state index contributed by atoms with van der Waals surface area (Å²) in [6, 6.07) is 11.0. The number of H-pyrrole nitrogens is 1. The number of anilines is 2. The highest BCUT2D eigenvalue weighted by Gasteiger charge is 2.10. The largest absolute Gasteiger partial charge is 0.465 e. The molecule has 0 bridgehead atoms. The van der Waals surface area contributed by atoms with Crippen LogP contribution in [0.1, 0.15) is 23.0 Å². The normalized spacial score (nSPS) is 11.9. The Labute approximate surface area is 157 Å². The van der Waals surface area contributed by atoms with Gasteiger partial charge in [-0.2, -0.15) is 12.6 Å². The Morgan fingerprint density at radius 1 is 1.27 bits per heavy atom. The van der Waals surface area contributed by atoms with Crippen LogP contribution in [0.25, 0.3) is 16.5 Å². The molecule has 5 nitrogen and oxygen atoms in total. The third kappa shape index (κ3) is 3.65. The molecule has 2 heterocycles. The highest BCUT2D eigenvalue weighted by atomic mass is 32.1. The summed E-state index contributed by atoms with van der Waals surface area (Å²) in [7, 11) is 1.36. The average Bonchev–Trinajstić information content (AvgIpc) is 3.11. The molecule has 0 unspecified atom stereocenters. The van der Waals surface area contributed by atoms with Crippen LogP contribution < -0.4 is 5.32 Å². The number of nitrogens with zero attached hydrogens (tertiary/aromatic N) is 1. The zero-order valence-electron chi connectivity index (χ0n) is 14.5. The summed E-state index contributed by atoms with van der Waals surface area (Å²) < 4.78 is 4.71. The van der Waals surface area contributed by atoms with Crippen molar-refractivity contribution in [2.45, 2.75) is 6.92 Å². The fourth-order valence-electron chi connectivity index (χ4n) is 2.64. The quantitative estimate of drug-likeness (QED) is 0.340. The second-order valence-corrected chi connectivity index (χ2v) is 5.84. The predicted octanol–water partition coefficient (Wildman–Crippen LogP) is 4.94. The van der Waals surface area contributed by atoms with Gasteiger partial charge >= 0.3 is 5.97 Å². The van der Waals surface area contributed by atoms with Crippen molar-refractivity contribution >= 4 is 46.6 Å². The van der Waals surface area contributed by atoms with Crippen LogP contribution in [0.4, 0.5) is 11.5 Å². The van der Waals surface area contributed by atoms with E-state index < -0.39 is 0 Å². The number of nitrogens with one attached hydrogen (secondary N) is 2. The zero-order chi connectivity index (χ0) is 18.5. The molecule has 1 aromatic carbocycles. The Morgan fingerprint density at radius 2 is 2.04 bits per heavy atom. The van der Waals surface area contributed by atoms with Crippen LogP contribution >= 0.6 is 12.6 Å². The van der Waals surface area contributed by atoms with E-state index in [0.717, 1.165) is 33.7 Å². The van der Waals surface area contributed by atoms with Gasteiger partial charge in [0.1, 0.15) is 5.82 Å². The molecule has 0 aliphatic heterocycles. The summed E-state index contributed by atoms with van der Waals surface area (Å²) >= 11 is 4.28. The van der Waals surface area contributed by atoms with Gasteiger partial charge in [0.05, 0.1) is 18.2 Å². The van der Waals surface area contributed by atoms with E-state index in [-0.39, 0.29) is 5.97 Å². The number of carbonyl (C=O) groups is 1. The summed E-state index contributed by atoms with van der Waals surface area (Å²) in [5, 5.41) is 6.02. The first kappa shape index (κ1) is 17.8. The van der Waals surface area contributed by atoms with Crippen molar-refractivity contribution in [2.24, 2.45) is 0 Å². The third-order valence-electron chi connectivity index (χ3n) is 3.91. The Hall–Kier alpha value is -2.99. The topological polar surface area (TPSA) is 67.0 Å². The maximum Gasteiger partial charge on any atom is 0.337 e. The lowest BCUT2D eigenvalue weighted by Crippen LogP contribution is -2.01. The molecular weight excluding hydrogens is 346 g/mol. The van der Waals surface area contributed by atoms with E-state index in [4.69, 9.17) is 4.74 Å². The van der Waals surface area contributed by atoms with Crippen LogP contribution in [0.5, 0.6) is 0 Å². The van der Waals surface area contributed by atoms with Gasteiger partial charge in [-0.15, -0.1) is 0 Å². The molecule has 26 heavy (non-hydrogen) atoms. The highest BCUT2D eigenvalue weighted by Crippen LogP contribution is 2.28. The van der Waals surface area contributed by atoms with Gasteiger partial charge in [0.25, 0.3) is 0 Å². The molecule has 0 radical (unpaired) electrons. The first-order valence-electron chi connectivity index (χ1n) is 8.07.